The van der Waals surface area contributed by atoms with E-state index in [4.69, 9.17) is 0 Å². The van der Waals surface area contributed by atoms with Crippen LogP contribution >= 0.6 is 0 Å². The average Bonchev–Trinajstić information content (AvgIpc) is 2.97. The number of amides is 1. The molecule has 0 spiro atoms. The van der Waals surface area contributed by atoms with Gasteiger partial charge in [0.1, 0.15) is 6.04 Å². The largest absolute Gasteiger partial charge is 0.352 e. The van der Waals surface area contributed by atoms with Crippen LogP contribution in [0.4, 0.5) is 0 Å². The van der Waals surface area contributed by atoms with Gasteiger partial charge >= 0.3 is 0 Å². The topological polar surface area (TPSA) is 66.5 Å². The zero-order valence-corrected chi connectivity index (χ0v) is 14.2. The van der Waals surface area contributed by atoms with Crippen LogP contribution < -0.4 is 5.32 Å². The highest BCUT2D eigenvalue weighted by atomic mass is 32.2. The number of carbonyl (C=O) groups excluding carboxylic acids is 1. The van der Waals surface area contributed by atoms with E-state index in [0.717, 1.165) is 12.0 Å². The fourth-order valence-electron chi connectivity index (χ4n) is 2.58. The van der Waals surface area contributed by atoms with E-state index in [1.54, 1.807) is 24.3 Å². The van der Waals surface area contributed by atoms with Gasteiger partial charge in [-0.15, -0.1) is 0 Å². The van der Waals surface area contributed by atoms with Gasteiger partial charge in [0.2, 0.25) is 15.9 Å². The molecular weight excluding hydrogens is 300 g/mol. The van der Waals surface area contributed by atoms with Crippen LogP contribution in [-0.2, 0) is 14.8 Å². The molecule has 1 aliphatic heterocycles. The molecular formula is C16H24N2O3S. The molecule has 0 saturated carbocycles. The van der Waals surface area contributed by atoms with Crippen LogP contribution in [0.25, 0.3) is 0 Å². The summed E-state index contributed by atoms with van der Waals surface area (Å²) in [4.78, 5) is 12.6. The lowest BCUT2D eigenvalue weighted by Gasteiger charge is -2.24. The minimum Gasteiger partial charge on any atom is -0.352 e. The lowest BCUT2D eigenvalue weighted by atomic mass is 10.2. The Morgan fingerprint density at radius 2 is 2.00 bits per heavy atom. The number of rotatable bonds is 5. The van der Waals surface area contributed by atoms with E-state index in [1.807, 2.05) is 20.8 Å². The first-order valence-corrected chi connectivity index (χ1v) is 9.19. The molecule has 1 aliphatic rings. The highest BCUT2D eigenvalue weighted by Gasteiger charge is 2.39. The molecule has 0 radical (unpaired) electrons. The van der Waals surface area contributed by atoms with Crippen molar-refractivity contribution >= 4 is 15.9 Å². The van der Waals surface area contributed by atoms with Crippen molar-refractivity contribution in [3.63, 3.8) is 0 Å². The number of nitrogens with zero attached hydrogens (tertiary/aromatic N) is 1. The van der Waals surface area contributed by atoms with E-state index < -0.39 is 16.1 Å². The fraction of sp³-hybridized carbons (Fsp3) is 0.562. The lowest BCUT2D eigenvalue weighted by molar-refractivity contribution is -0.124. The van der Waals surface area contributed by atoms with Crippen molar-refractivity contribution in [3.05, 3.63) is 29.8 Å². The summed E-state index contributed by atoms with van der Waals surface area (Å²) in [7, 11) is -3.62. The summed E-state index contributed by atoms with van der Waals surface area (Å²) in [5.74, 6) is -0.192. The number of aryl methyl sites for hydroxylation is 1. The Kier molecular flexibility index (Phi) is 5.24. The maximum atomic E-state index is 12.8. The molecule has 6 heteroatoms. The van der Waals surface area contributed by atoms with Crippen molar-refractivity contribution in [3.8, 4) is 0 Å². The lowest BCUT2D eigenvalue weighted by Crippen LogP contribution is -2.48. The van der Waals surface area contributed by atoms with Crippen LogP contribution in [0.2, 0.25) is 0 Å². The van der Waals surface area contributed by atoms with Gasteiger partial charge in [0.25, 0.3) is 0 Å². The quantitative estimate of drug-likeness (QED) is 0.901. The number of carbonyl (C=O) groups is 1. The Balaban J connectivity index is 2.22. The summed E-state index contributed by atoms with van der Waals surface area (Å²) in [6.45, 7) is 6.22. The van der Waals surface area contributed by atoms with Crippen LogP contribution in [0.15, 0.2) is 29.2 Å². The molecule has 2 rings (SSSR count). The average molecular weight is 324 g/mol. The second-order valence-electron chi connectivity index (χ2n) is 5.90. The molecule has 1 saturated heterocycles. The smallest absolute Gasteiger partial charge is 0.243 e. The zero-order chi connectivity index (χ0) is 16.3. The molecule has 1 amide bonds. The van der Waals surface area contributed by atoms with E-state index in [9.17, 15) is 13.2 Å². The van der Waals surface area contributed by atoms with Crippen LogP contribution in [0.3, 0.4) is 0 Å². The predicted octanol–water partition coefficient (Wildman–Crippen LogP) is 2.06. The summed E-state index contributed by atoms with van der Waals surface area (Å²) in [5, 5.41) is 2.89. The summed E-state index contributed by atoms with van der Waals surface area (Å²) >= 11 is 0. The monoisotopic (exact) mass is 324 g/mol. The molecule has 5 nitrogen and oxygen atoms in total. The van der Waals surface area contributed by atoms with Gasteiger partial charge in [-0.3, -0.25) is 4.79 Å². The predicted molar refractivity (Wildman–Crippen MR) is 86.0 cm³/mol. The third-order valence-corrected chi connectivity index (χ3v) is 6.06. The van der Waals surface area contributed by atoms with Gasteiger partial charge in [-0.2, -0.15) is 4.31 Å². The van der Waals surface area contributed by atoms with E-state index in [-0.39, 0.29) is 16.8 Å². The Morgan fingerprint density at radius 3 is 2.59 bits per heavy atom. The first-order valence-electron chi connectivity index (χ1n) is 7.75. The third kappa shape index (κ3) is 3.50. The van der Waals surface area contributed by atoms with Crippen molar-refractivity contribution in [1.29, 1.82) is 0 Å². The zero-order valence-electron chi connectivity index (χ0n) is 13.4. The maximum absolute atomic E-state index is 12.8. The van der Waals surface area contributed by atoms with E-state index in [1.165, 1.54) is 4.31 Å². The van der Waals surface area contributed by atoms with Gasteiger partial charge in [0, 0.05) is 12.6 Å². The van der Waals surface area contributed by atoms with E-state index >= 15 is 0 Å². The number of nitrogens with one attached hydrogen (secondary N) is 1. The van der Waals surface area contributed by atoms with Gasteiger partial charge in [0.15, 0.2) is 0 Å². The molecule has 1 N–H and O–H groups in total. The third-order valence-electron chi connectivity index (χ3n) is 4.13. The normalized spacial score (nSPS) is 20.8. The van der Waals surface area contributed by atoms with Crippen LogP contribution in [-0.4, -0.2) is 37.3 Å². The number of hydrogen-bond acceptors (Lipinski definition) is 3. The van der Waals surface area contributed by atoms with Crippen LogP contribution in [0.5, 0.6) is 0 Å². The van der Waals surface area contributed by atoms with Crippen molar-refractivity contribution < 1.29 is 13.2 Å². The SMILES string of the molecule is CC[C@@H](C)NC(=O)[C@H]1CCCN1S(=O)(=O)c1ccc(C)cc1. The number of sulfonamides is 1. The summed E-state index contributed by atoms with van der Waals surface area (Å²) in [5.41, 5.74) is 1.01. The number of hydrogen-bond donors (Lipinski definition) is 1. The van der Waals surface area contributed by atoms with Crippen molar-refractivity contribution in [2.75, 3.05) is 6.54 Å². The van der Waals surface area contributed by atoms with Crippen LogP contribution in [0, 0.1) is 6.92 Å². The Bertz CT molecular complexity index is 625. The second kappa shape index (κ2) is 6.79. The Morgan fingerprint density at radius 1 is 1.36 bits per heavy atom. The molecule has 0 aromatic heterocycles. The molecule has 122 valence electrons. The molecule has 2 atom stereocenters. The van der Waals surface area contributed by atoms with E-state index in [0.29, 0.717) is 19.4 Å². The van der Waals surface area contributed by atoms with Gasteiger partial charge < -0.3 is 5.32 Å². The van der Waals surface area contributed by atoms with Gasteiger partial charge in [-0.25, -0.2) is 8.42 Å². The highest BCUT2D eigenvalue weighted by Crippen LogP contribution is 2.26. The molecule has 0 aliphatic carbocycles. The summed E-state index contributed by atoms with van der Waals surface area (Å²) in [6.07, 6.45) is 2.11. The molecule has 0 bridgehead atoms. The van der Waals surface area contributed by atoms with Crippen molar-refractivity contribution in [1.82, 2.24) is 9.62 Å². The summed E-state index contributed by atoms with van der Waals surface area (Å²) in [6, 6.07) is 6.21. The van der Waals surface area contributed by atoms with Gasteiger partial charge in [-0.1, -0.05) is 24.6 Å². The van der Waals surface area contributed by atoms with Crippen molar-refractivity contribution in [2.24, 2.45) is 0 Å². The Labute approximate surface area is 132 Å². The molecule has 0 unspecified atom stereocenters. The first-order chi connectivity index (χ1) is 10.4. The van der Waals surface area contributed by atoms with Gasteiger partial charge in [0.05, 0.1) is 4.90 Å². The molecule has 1 fully saturated rings. The number of benzene rings is 1. The van der Waals surface area contributed by atoms with Crippen LogP contribution in [0.1, 0.15) is 38.7 Å². The second-order valence-corrected chi connectivity index (χ2v) is 7.80. The fourth-order valence-corrected chi connectivity index (χ4v) is 4.23. The first kappa shape index (κ1) is 17.0. The minimum atomic E-state index is -3.62. The highest BCUT2D eigenvalue weighted by molar-refractivity contribution is 7.89. The minimum absolute atomic E-state index is 0.0528. The van der Waals surface area contributed by atoms with Gasteiger partial charge in [-0.05, 0) is 45.2 Å². The van der Waals surface area contributed by atoms with Crippen molar-refractivity contribution in [2.45, 2.75) is 57.0 Å². The maximum Gasteiger partial charge on any atom is 0.243 e. The molecule has 1 aromatic rings. The van der Waals surface area contributed by atoms with E-state index in [2.05, 4.69) is 5.32 Å². The standard InChI is InChI=1S/C16H24N2O3S/c1-4-13(3)17-16(19)15-6-5-11-18(15)22(20,21)14-9-7-12(2)8-10-14/h7-10,13,15H,4-6,11H2,1-3H3,(H,17,19)/t13-,15-/m1/s1. The molecule has 22 heavy (non-hydrogen) atoms. The summed E-state index contributed by atoms with van der Waals surface area (Å²) < 4.78 is 26.9. The molecule has 1 aromatic carbocycles. The molecule has 1 heterocycles. The Hall–Kier alpha value is -1.40.